The van der Waals surface area contributed by atoms with Crippen molar-refractivity contribution < 1.29 is 9.13 Å². The number of nitrogens with zero attached hydrogens (tertiary/aromatic N) is 1. The number of rotatable bonds is 5. The molecule has 2 aromatic carbocycles. The van der Waals surface area contributed by atoms with Crippen LogP contribution in [0.2, 0.25) is 0 Å². The quantitative estimate of drug-likeness (QED) is 0.917. The van der Waals surface area contributed by atoms with Crippen molar-refractivity contribution in [2.75, 3.05) is 25.6 Å². The normalized spacial score (nSPS) is 12.0. The van der Waals surface area contributed by atoms with Gasteiger partial charge in [-0.2, -0.15) is 0 Å². The van der Waals surface area contributed by atoms with Crippen LogP contribution in [0.4, 0.5) is 10.1 Å². The molecule has 0 amide bonds. The first-order valence-corrected chi connectivity index (χ1v) is 6.89. The molecule has 21 heavy (non-hydrogen) atoms. The molecule has 0 aromatic heterocycles. The number of halogens is 1. The van der Waals surface area contributed by atoms with Crippen LogP contribution in [0.15, 0.2) is 42.5 Å². The number of nitrogens with two attached hydrogens (primary N) is 1. The van der Waals surface area contributed by atoms with Gasteiger partial charge in [0.1, 0.15) is 11.6 Å². The number of ether oxygens (including phenoxy) is 1. The number of hydrogen-bond donors (Lipinski definition) is 1. The molecule has 0 heterocycles. The van der Waals surface area contributed by atoms with Crippen molar-refractivity contribution in [1.82, 2.24) is 0 Å². The molecule has 0 radical (unpaired) electrons. The Morgan fingerprint density at radius 2 is 1.86 bits per heavy atom. The van der Waals surface area contributed by atoms with Crippen LogP contribution >= 0.6 is 0 Å². The molecule has 2 N–H and O–H groups in total. The molecule has 0 aliphatic heterocycles. The zero-order valence-corrected chi connectivity index (χ0v) is 12.6. The lowest BCUT2D eigenvalue weighted by Crippen LogP contribution is -2.30. The van der Waals surface area contributed by atoms with Crippen LogP contribution in [0.3, 0.4) is 0 Å². The maximum Gasteiger partial charge on any atom is 0.126 e. The van der Waals surface area contributed by atoms with E-state index in [1.54, 1.807) is 20.1 Å². The predicted octanol–water partition coefficient (Wildman–Crippen LogP) is 3.28. The predicted molar refractivity (Wildman–Crippen MR) is 84.3 cm³/mol. The Morgan fingerprint density at radius 3 is 2.38 bits per heavy atom. The van der Waals surface area contributed by atoms with E-state index in [4.69, 9.17) is 10.5 Å². The molecular formula is C17H21FN2O. The molecular weight excluding hydrogens is 267 g/mol. The van der Waals surface area contributed by atoms with Crippen molar-refractivity contribution in [2.24, 2.45) is 5.73 Å². The van der Waals surface area contributed by atoms with Crippen LogP contribution in [-0.2, 0) is 0 Å². The standard InChI is InChI=1S/C17H21FN2O/c1-12-10-13(4-9-16(12)18)17(11-19)20(2)14-5-7-15(21-3)8-6-14/h4-10,17H,11,19H2,1-3H3. The van der Waals surface area contributed by atoms with Gasteiger partial charge in [0.25, 0.3) is 0 Å². The van der Waals surface area contributed by atoms with Crippen LogP contribution in [-0.4, -0.2) is 20.7 Å². The summed E-state index contributed by atoms with van der Waals surface area (Å²) in [5.74, 6) is 0.621. The number of aryl methyl sites for hydroxylation is 1. The SMILES string of the molecule is COc1ccc(N(C)C(CN)c2ccc(F)c(C)c2)cc1. The first-order valence-electron chi connectivity index (χ1n) is 6.89. The fourth-order valence-corrected chi connectivity index (χ4v) is 2.39. The molecule has 2 aromatic rings. The third-order valence-corrected chi connectivity index (χ3v) is 3.74. The Bertz CT molecular complexity index is 598. The van der Waals surface area contributed by atoms with E-state index in [0.29, 0.717) is 12.1 Å². The van der Waals surface area contributed by atoms with Gasteiger partial charge in [0.05, 0.1) is 13.2 Å². The minimum absolute atomic E-state index is 0.00213. The Morgan fingerprint density at radius 1 is 1.19 bits per heavy atom. The first-order chi connectivity index (χ1) is 10.1. The van der Waals surface area contributed by atoms with Gasteiger partial charge >= 0.3 is 0 Å². The van der Waals surface area contributed by atoms with Crippen LogP contribution < -0.4 is 15.4 Å². The lowest BCUT2D eigenvalue weighted by Gasteiger charge is -2.30. The summed E-state index contributed by atoms with van der Waals surface area (Å²) < 4.78 is 18.6. The summed E-state index contributed by atoms with van der Waals surface area (Å²) >= 11 is 0. The highest BCUT2D eigenvalue weighted by molar-refractivity contribution is 5.51. The van der Waals surface area contributed by atoms with E-state index in [9.17, 15) is 4.39 Å². The number of anilines is 1. The Kier molecular flexibility index (Phi) is 4.81. The topological polar surface area (TPSA) is 38.5 Å². The third-order valence-electron chi connectivity index (χ3n) is 3.74. The highest BCUT2D eigenvalue weighted by Gasteiger charge is 2.17. The van der Waals surface area contributed by atoms with E-state index in [-0.39, 0.29) is 11.9 Å². The molecule has 2 rings (SSSR count). The molecule has 0 aliphatic rings. The molecule has 0 aliphatic carbocycles. The smallest absolute Gasteiger partial charge is 0.126 e. The molecule has 0 saturated heterocycles. The molecule has 0 fully saturated rings. The van der Waals surface area contributed by atoms with Crippen LogP contribution in [0.1, 0.15) is 17.2 Å². The fraction of sp³-hybridized carbons (Fsp3) is 0.294. The van der Waals surface area contributed by atoms with E-state index in [0.717, 1.165) is 17.0 Å². The number of likely N-dealkylation sites (N-methyl/N-ethyl adjacent to an activating group) is 1. The van der Waals surface area contributed by atoms with E-state index >= 15 is 0 Å². The second-order valence-electron chi connectivity index (χ2n) is 5.07. The Hall–Kier alpha value is -2.07. The van der Waals surface area contributed by atoms with Crippen molar-refractivity contribution in [3.8, 4) is 5.75 Å². The molecule has 0 spiro atoms. The van der Waals surface area contributed by atoms with Gasteiger partial charge in [-0.15, -0.1) is 0 Å². The van der Waals surface area contributed by atoms with Gasteiger partial charge < -0.3 is 15.4 Å². The van der Waals surface area contributed by atoms with E-state index in [1.807, 2.05) is 37.4 Å². The second-order valence-corrected chi connectivity index (χ2v) is 5.07. The zero-order valence-electron chi connectivity index (χ0n) is 12.6. The van der Waals surface area contributed by atoms with E-state index < -0.39 is 0 Å². The van der Waals surface area contributed by atoms with Crippen molar-refractivity contribution in [3.05, 3.63) is 59.4 Å². The number of methoxy groups -OCH3 is 1. The lowest BCUT2D eigenvalue weighted by molar-refractivity contribution is 0.415. The summed E-state index contributed by atoms with van der Waals surface area (Å²) in [5, 5.41) is 0. The Balaban J connectivity index is 2.28. The maximum atomic E-state index is 13.4. The minimum atomic E-state index is -0.193. The molecule has 112 valence electrons. The van der Waals surface area contributed by atoms with E-state index in [1.165, 1.54) is 6.07 Å². The molecule has 4 heteroatoms. The van der Waals surface area contributed by atoms with Crippen LogP contribution in [0.25, 0.3) is 0 Å². The summed E-state index contributed by atoms with van der Waals surface area (Å²) in [6, 6.07) is 12.9. The lowest BCUT2D eigenvalue weighted by atomic mass is 10.0. The molecule has 1 unspecified atom stereocenters. The summed E-state index contributed by atoms with van der Waals surface area (Å²) in [4.78, 5) is 2.09. The van der Waals surface area contributed by atoms with Crippen molar-refractivity contribution in [2.45, 2.75) is 13.0 Å². The molecule has 0 bridgehead atoms. The molecule has 0 saturated carbocycles. The van der Waals surface area contributed by atoms with Crippen LogP contribution in [0, 0.1) is 12.7 Å². The fourth-order valence-electron chi connectivity index (χ4n) is 2.39. The maximum absolute atomic E-state index is 13.4. The summed E-state index contributed by atoms with van der Waals surface area (Å²) in [7, 11) is 3.63. The summed E-state index contributed by atoms with van der Waals surface area (Å²) in [6.45, 7) is 2.22. The van der Waals surface area contributed by atoms with Gasteiger partial charge in [-0.3, -0.25) is 0 Å². The van der Waals surface area contributed by atoms with Gasteiger partial charge in [0, 0.05) is 19.3 Å². The number of benzene rings is 2. The van der Waals surface area contributed by atoms with Gasteiger partial charge in [-0.05, 0) is 48.4 Å². The minimum Gasteiger partial charge on any atom is -0.497 e. The highest BCUT2D eigenvalue weighted by Crippen LogP contribution is 2.27. The first kappa shape index (κ1) is 15.3. The average molecular weight is 288 g/mol. The van der Waals surface area contributed by atoms with Crippen molar-refractivity contribution in [1.29, 1.82) is 0 Å². The average Bonchev–Trinajstić information content (AvgIpc) is 2.51. The van der Waals surface area contributed by atoms with E-state index in [2.05, 4.69) is 4.90 Å². The van der Waals surface area contributed by atoms with Crippen molar-refractivity contribution >= 4 is 5.69 Å². The summed E-state index contributed by atoms with van der Waals surface area (Å²) in [6.07, 6.45) is 0. The van der Waals surface area contributed by atoms with Gasteiger partial charge in [0.2, 0.25) is 0 Å². The van der Waals surface area contributed by atoms with Gasteiger partial charge in [-0.25, -0.2) is 4.39 Å². The zero-order chi connectivity index (χ0) is 15.4. The number of hydrogen-bond acceptors (Lipinski definition) is 3. The molecule has 1 atom stereocenters. The molecule has 3 nitrogen and oxygen atoms in total. The van der Waals surface area contributed by atoms with Gasteiger partial charge in [0.15, 0.2) is 0 Å². The summed E-state index contributed by atoms with van der Waals surface area (Å²) in [5.41, 5.74) is 8.60. The monoisotopic (exact) mass is 288 g/mol. The highest BCUT2D eigenvalue weighted by atomic mass is 19.1. The second kappa shape index (κ2) is 6.59. The van der Waals surface area contributed by atoms with Crippen LogP contribution in [0.5, 0.6) is 5.75 Å². The largest absolute Gasteiger partial charge is 0.497 e. The van der Waals surface area contributed by atoms with Gasteiger partial charge in [-0.1, -0.05) is 12.1 Å². The Labute approximate surface area is 125 Å². The van der Waals surface area contributed by atoms with Crippen molar-refractivity contribution in [3.63, 3.8) is 0 Å². The third kappa shape index (κ3) is 3.34.